The van der Waals surface area contributed by atoms with Crippen molar-refractivity contribution in [3.8, 4) is 0 Å². The molecule has 0 aromatic heterocycles. The van der Waals surface area contributed by atoms with E-state index in [1.807, 2.05) is 0 Å². The maximum absolute atomic E-state index is 12.1. The van der Waals surface area contributed by atoms with Gasteiger partial charge >= 0.3 is 5.97 Å². The Morgan fingerprint density at radius 3 is 2.71 bits per heavy atom. The topological polar surface area (TPSA) is 95.9 Å². The lowest BCUT2D eigenvalue weighted by Gasteiger charge is -2.26. The number of carbonyl (C=O) groups is 2. The predicted molar refractivity (Wildman–Crippen MR) is 75.2 cm³/mol. The first kappa shape index (κ1) is 15.5. The van der Waals surface area contributed by atoms with Gasteiger partial charge < -0.3 is 20.3 Å². The molecule has 1 unspecified atom stereocenters. The summed E-state index contributed by atoms with van der Waals surface area (Å²) in [6.45, 7) is 2.45. The van der Waals surface area contributed by atoms with E-state index >= 15 is 0 Å². The van der Waals surface area contributed by atoms with Gasteiger partial charge in [0.25, 0.3) is 0 Å². The van der Waals surface area contributed by atoms with Crippen molar-refractivity contribution in [3.05, 3.63) is 34.9 Å². The molecule has 21 heavy (non-hydrogen) atoms. The molecule has 1 atom stereocenters. The monoisotopic (exact) mass is 293 g/mol. The van der Waals surface area contributed by atoms with Crippen molar-refractivity contribution < 1.29 is 24.5 Å². The fourth-order valence-corrected chi connectivity index (χ4v) is 2.41. The van der Waals surface area contributed by atoms with Crippen molar-refractivity contribution in [2.24, 2.45) is 0 Å². The number of aliphatic hydroxyl groups is 1. The summed E-state index contributed by atoms with van der Waals surface area (Å²) < 4.78 is 5.23. The van der Waals surface area contributed by atoms with Gasteiger partial charge in [0, 0.05) is 6.61 Å². The molecule has 1 saturated heterocycles. The highest BCUT2D eigenvalue weighted by atomic mass is 16.5. The van der Waals surface area contributed by atoms with Crippen LogP contribution in [0.4, 0.5) is 0 Å². The molecule has 0 aliphatic carbocycles. The highest BCUT2D eigenvalue weighted by molar-refractivity contribution is 5.88. The molecule has 0 radical (unpaired) electrons. The predicted octanol–water partition coefficient (Wildman–Crippen LogP) is 0.503. The van der Waals surface area contributed by atoms with E-state index in [0.717, 1.165) is 11.1 Å². The van der Waals surface area contributed by atoms with Gasteiger partial charge in [-0.3, -0.25) is 4.79 Å². The molecule has 1 aromatic carbocycles. The van der Waals surface area contributed by atoms with E-state index in [2.05, 4.69) is 5.32 Å². The Bertz CT molecular complexity index is 549. The standard InChI is InChI=1S/C15H19NO5/c1-10-6-12(14(19)20)3-2-11(10)7-13(18)16-15(8-17)4-5-21-9-15/h2-3,6,17H,4-5,7-9H2,1H3,(H,16,18)(H,19,20). The van der Waals surface area contributed by atoms with Gasteiger partial charge in [-0.15, -0.1) is 0 Å². The molecule has 0 saturated carbocycles. The van der Waals surface area contributed by atoms with Crippen LogP contribution < -0.4 is 5.32 Å². The number of aliphatic hydroxyl groups excluding tert-OH is 1. The smallest absolute Gasteiger partial charge is 0.335 e. The number of nitrogens with one attached hydrogen (secondary N) is 1. The summed E-state index contributed by atoms with van der Waals surface area (Å²) in [7, 11) is 0. The van der Waals surface area contributed by atoms with E-state index in [0.29, 0.717) is 19.6 Å². The van der Waals surface area contributed by atoms with Crippen molar-refractivity contribution in [2.45, 2.75) is 25.3 Å². The molecule has 114 valence electrons. The summed E-state index contributed by atoms with van der Waals surface area (Å²) >= 11 is 0. The normalized spacial score (nSPS) is 21.2. The van der Waals surface area contributed by atoms with E-state index in [9.17, 15) is 14.7 Å². The summed E-state index contributed by atoms with van der Waals surface area (Å²) in [4.78, 5) is 23.0. The minimum absolute atomic E-state index is 0.146. The number of ether oxygens (including phenoxy) is 1. The maximum Gasteiger partial charge on any atom is 0.335 e. The Kier molecular flexibility index (Phi) is 4.59. The lowest BCUT2D eigenvalue weighted by molar-refractivity contribution is -0.123. The van der Waals surface area contributed by atoms with Crippen LogP contribution >= 0.6 is 0 Å². The highest BCUT2D eigenvalue weighted by Crippen LogP contribution is 2.19. The van der Waals surface area contributed by atoms with Gasteiger partial charge in [-0.25, -0.2) is 4.79 Å². The molecule has 2 rings (SSSR count). The van der Waals surface area contributed by atoms with E-state index in [1.165, 1.54) is 6.07 Å². The largest absolute Gasteiger partial charge is 0.478 e. The van der Waals surface area contributed by atoms with Crippen LogP contribution in [0.15, 0.2) is 18.2 Å². The zero-order chi connectivity index (χ0) is 15.5. The summed E-state index contributed by atoms with van der Waals surface area (Å²) in [5, 5.41) is 21.2. The molecule has 1 heterocycles. The van der Waals surface area contributed by atoms with Crippen molar-refractivity contribution in [2.75, 3.05) is 19.8 Å². The van der Waals surface area contributed by atoms with Crippen molar-refractivity contribution in [1.29, 1.82) is 0 Å². The number of aryl methyl sites for hydroxylation is 1. The van der Waals surface area contributed by atoms with Crippen LogP contribution in [0.2, 0.25) is 0 Å². The number of hydrogen-bond donors (Lipinski definition) is 3. The number of carboxylic acids is 1. The molecule has 1 aliphatic rings. The van der Waals surface area contributed by atoms with Crippen molar-refractivity contribution in [3.63, 3.8) is 0 Å². The fraction of sp³-hybridized carbons (Fsp3) is 0.467. The average molecular weight is 293 g/mol. The Morgan fingerprint density at radius 1 is 1.43 bits per heavy atom. The second-order valence-corrected chi connectivity index (χ2v) is 5.41. The number of carbonyl (C=O) groups excluding carboxylic acids is 1. The molecule has 1 amide bonds. The van der Waals surface area contributed by atoms with Gasteiger partial charge in [0.2, 0.25) is 5.91 Å². The van der Waals surface area contributed by atoms with Crippen LogP contribution in [-0.2, 0) is 16.0 Å². The van der Waals surface area contributed by atoms with Crippen molar-refractivity contribution >= 4 is 11.9 Å². The molecule has 3 N–H and O–H groups in total. The molecular formula is C15H19NO5. The first-order valence-corrected chi connectivity index (χ1v) is 6.78. The van der Waals surface area contributed by atoms with Crippen LogP contribution in [-0.4, -0.2) is 47.4 Å². The first-order valence-electron chi connectivity index (χ1n) is 6.78. The Hall–Kier alpha value is -1.92. The molecule has 6 nitrogen and oxygen atoms in total. The summed E-state index contributed by atoms with van der Waals surface area (Å²) in [5.74, 6) is -1.20. The molecular weight excluding hydrogens is 274 g/mol. The third-order valence-electron chi connectivity index (χ3n) is 3.75. The summed E-state index contributed by atoms with van der Waals surface area (Å²) in [5.41, 5.74) is 1.04. The molecule has 1 fully saturated rings. The Labute approximate surface area is 122 Å². The van der Waals surface area contributed by atoms with E-state index in [1.54, 1.807) is 19.1 Å². The molecule has 1 aliphatic heterocycles. The summed E-state index contributed by atoms with van der Waals surface area (Å²) in [6, 6.07) is 4.68. The highest BCUT2D eigenvalue weighted by Gasteiger charge is 2.35. The van der Waals surface area contributed by atoms with Crippen LogP contribution in [0.5, 0.6) is 0 Å². The number of carboxylic acid groups (broad SMARTS) is 1. The minimum atomic E-state index is -0.989. The van der Waals surface area contributed by atoms with Crippen LogP contribution in [0.3, 0.4) is 0 Å². The lowest BCUT2D eigenvalue weighted by atomic mass is 9.98. The minimum Gasteiger partial charge on any atom is -0.478 e. The second kappa shape index (κ2) is 6.24. The van der Waals surface area contributed by atoms with E-state index in [-0.39, 0.29) is 24.5 Å². The number of amides is 1. The number of aromatic carboxylic acids is 1. The number of benzene rings is 1. The third-order valence-corrected chi connectivity index (χ3v) is 3.75. The van der Waals surface area contributed by atoms with Crippen LogP contribution in [0, 0.1) is 6.92 Å². The lowest BCUT2D eigenvalue weighted by Crippen LogP contribution is -2.52. The number of hydrogen-bond acceptors (Lipinski definition) is 4. The molecule has 0 spiro atoms. The fourth-order valence-electron chi connectivity index (χ4n) is 2.41. The second-order valence-electron chi connectivity index (χ2n) is 5.41. The summed E-state index contributed by atoms with van der Waals surface area (Å²) in [6.07, 6.45) is 0.736. The van der Waals surface area contributed by atoms with Crippen LogP contribution in [0.25, 0.3) is 0 Å². The molecule has 0 bridgehead atoms. The van der Waals surface area contributed by atoms with Gasteiger partial charge in [0.15, 0.2) is 0 Å². The van der Waals surface area contributed by atoms with E-state index < -0.39 is 11.5 Å². The zero-order valence-electron chi connectivity index (χ0n) is 11.9. The average Bonchev–Trinajstić information content (AvgIpc) is 2.90. The zero-order valence-corrected chi connectivity index (χ0v) is 11.9. The van der Waals surface area contributed by atoms with Crippen LogP contribution in [0.1, 0.15) is 27.9 Å². The van der Waals surface area contributed by atoms with Gasteiger partial charge in [-0.2, -0.15) is 0 Å². The van der Waals surface area contributed by atoms with Gasteiger partial charge in [0.05, 0.1) is 30.7 Å². The van der Waals surface area contributed by atoms with Gasteiger partial charge in [0.1, 0.15) is 0 Å². The number of rotatable bonds is 5. The quantitative estimate of drug-likeness (QED) is 0.735. The Morgan fingerprint density at radius 2 is 2.19 bits per heavy atom. The van der Waals surface area contributed by atoms with Crippen molar-refractivity contribution in [1.82, 2.24) is 5.32 Å². The molecule has 1 aromatic rings. The van der Waals surface area contributed by atoms with E-state index in [4.69, 9.17) is 9.84 Å². The maximum atomic E-state index is 12.1. The SMILES string of the molecule is Cc1cc(C(=O)O)ccc1CC(=O)NC1(CO)CCOC1. The Balaban J connectivity index is 2.04. The first-order chi connectivity index (χ1) is 9.96. The third kappa shape index (κ3) is 3.59. The molecule has 6 heteroatoms. The van der Waals surface area contributed by atoms with Gasteiger partial charge in [-0.1, -0.05) is 6.07 Å². The van der Waals surface area contributed by atoms with Gasteiger partial charge in [-0.05, 0) is 36.6 Å².